The predicted octanol–water partition coefficient (Wildman–Crippen LogP) is 2.38. The van der Waals surface area contributed by atoms with Gasteiger partial charge in [0, 0.05) is 29.6 Å². The largest absolute Gasteiger partial charge is 0.497 e. The molecule has 24 heavy (non-hydrogen) atoms. The van der Waals surface area contributed by atoms with Gasteiger partial charge in [0.25, 0.3) is 0 Å². The SMILES string of the molecule is COc1cc(NC(=O)Nc2ccc(CC(N)=O)cc2)cc(OC)c1. The van der Waals surface area contributed by atoms with Gasteiger partial charge >= 0.3 is 6.03 Å². The third-order valence-corrected chi connectivity index (χ3v) is 3.20. The Morgan fingerprint density at radius 2 is 1.46 bits per heavy atom. The molecule has 7 heteroatoms. The molecule has 0 saturated heterocycles. The van der Waals surface area contributed by atoms with E-state index in [-0.39, 0.29) is 6.42 Å². The lowest BCUT2D eigenvalue weighted by atomic mass is 10.1. The molecule has 126 valence electrons. The van der Waals surface area contributed by atoms with Crippen molar-refractivity contribution in [1.29, 1.82) is 0 Å². The van der Waals surface area contributed by atoms with Gasteiger partial charge in [0.2, 0.25) is 5.91 Å². The summed E-state index contributed by atoms with van der Waals surface area (Å²) in [6.45, 7) is 0. The highest BCUT2D eigenvalue weighted by molar-refractivity contribution is 6.00. The molecule has 2 aromatic rings. The zero-order chi connectivity index (χ0) is 17.5. The van der Waals surface area contributed by atoms with E-state index in [4.69, 9.17) is 15.2 Å². The van der Waals surface area contributed by atoms with Crippen LogP contribution in [0, 0.1) is 0 Å². The van der Waals surface area contributed by atoms with Crippen LogP contribution >= 0.6 is 0 Å². The van der Waals surface area contributed by atoms with Crippen LogP contribution < -0.4 is 25.8 Å². The molecule has 4 N–H and O–H groups in total. The van der Waals surface area contributed by atoms with Crippen LogP contribution in [0.5, 0.6) is 11.5 Å². The van der Waals surface area contributed by atoms with E-state index in [0.717, 1.165) is 5.56 Å². The maximum absolute atomic E-state index is 12.1. The number of methoxy groups -OCH3 is 2. The van der Waals surface area contributed by atoms with Crippen molar-refractivity contribution in [2.45, 2.75) is 6.42 Å². The van der Waals surface area contributed by atoms with Gasteiger partial charge in [0.1, 0.15) is 11.5 Å². The van der Waals surface area contributed by atoms with E-state index in [2.05, 4.69) is 10.6 Å². The fourth-order valence-electron chi connectivity index (χ4n) is 2.08. The summed E-state index contributed by atoms with van der Waals surface area (Å²) in [5.41, 5.74) is 7.05. The first kappa shape index (κ1) is 17.1. The van der Waals surface area contributed by atoms with Crippen molar-refractivity contribution in [3.63, 3.8) is 0 Å². The summed E-state index contributed by atoms with van der Waals surface area (Å²) < 4.78 is 10.3. The Balaban J connectivity index is 2.01. The second-order valence-electron chi connectivity index (χ2n) is 5.02. The summed E-state index contributed by atoms with van der Waals surface area (Å²) in [6, 6.07) is 11.5. The Kier molecular flexibility index (Phi) is 5.62. The van der Waals surface area contributed by atoms with Gasteiger partial charge in [-0.15, -0.1) is 0 Å². The minimum absolute atomic E-state index is 0.163. The average molecular weight is 329 g/mol. The molecule has 0 heterocycles. The van der Waals surface area contributed by atoms with Crippen LogP contribution in [0.15, 0.2) is 42.5 Å². The molecule has 0 aliphatic heterocycles. The summed E-state index contributed by atoms with van der Waals surface area (Å²) >= 11 is 0. The minimum Gasteiger partial charge on any atom is -0.497 e. The topological polar surface area (TPSA) is 103 Å². The maximum atomic E-state index is 12.1. The molecule has 0 fully saturated rings. The van der Waals surface area contributed by atoms with Crippen LogP contribution in [0.2, 0.25) is 0 Å². The Morgan fingerprint density at radius 3 is 1.96 bits per heavy atom. The Labute approximate surface area is 139 Å². The molecule has 0 aromatic heterocycles. The number of nitrogens with one attached hydrogen (secondary N) is 2. The highest BCUT2D eigenvalue weighted by atomic mass is 16.5. The maximum Gasteiger partial charge on any atom is 0.323 e. The van der Waals surface area contributed by atoms with Gasteiger partial charge in [-0.3, -0.25) is 4.79 Å². The van der Waals surface area contributed by atoms with E-state index in [1.165, 1.54) is 14.2 Å². The van der Waals surface area contributed by atoms with Gasteiger partial charge in [-0.1, -0.05) is 12.1 Å². The molecule has 3 amide bonds. The lowest BCUT2D eigenvalue weighted by Crippen LogP contribution is -2.19. The summed E-state index contributed by atoms with van der Waals surface area (Å²) in [5.74, 6) is 0.737. The van der Waals surface area contributed by atoms with Gasteiger partial charge < -0.3 is 25.8 Å². The molecule has 7 nitrogen and oxygen atoms in total. The standard InChI is InChI=1S/C17H19N3O4/c1-23-14-8-13(9-15(10-14)24-2)20-17(22)19-12-5-3-11(4-6-12)7-16(18)21/h3-6,8-10H,7H2,1-2H3,(H2,18,21)(H2,19,20,22). The second-order valence-corrected chi connectivity index (χ2v) is 5.02. The quantitative estimate of drug-likeness (QED) is 0.757. The van der Waals surface area contributed by atoms with Crippen molar-refractivity contribution >= 4 is 23.3 Å². The van der Waals surface area contributed by atoms with Crippen molar-refractivity contribution in [2.75, 3.05) is 24.9 Å². The van der Waals surface area contributed by atoms with Gasteiger partial charge in [-0.25, -0.2) is 4.79 Å². The molecular formula is C17H19N3O4. The first-order chi connectivity index (χ1) is 11.5. The number of carbonyl (C=O) groups excluding carboxylic acids is 2. The number of hydrogen-bond acceptors (Lipinski definition) is 4. The monoisotopic (exact) mass is 329 g/mol. The van der Waals surface area contributed by atoms with Crippen molar-refractivity contribution < 1.29 is 19.1 Å². The highest BCUT2D eigenvalue weighted by Crippen LogP contribution is 2.25. The van der Waals surface area contributed by atoms with E-state index in [0.29, 0.717) is 22.9 Å². The second kappa shape index (κ2) is 7.87. The number of nitrogens with two attached hydrogens (primary N) is 1. The molecule has 0 radical (unpaired) electrons. The van der Waals surface area contributed by atoms with Crippen LogP contribution in [0.3, 0.4) is 0 Å². The van der Waals surface area contributed by atoms with E-state index >= 15 is 0 Å². The zero-order valence-corrected chi connectivity index (χ0v) is 13.5. The number of anilines is 2. The van der Waals surface area contributed by atoms with Crippen molar-refractivity contribution in [2.24, 2.45) is 5.73 Å². The highest BCUT2D eigenvalue weighted by Gasteiger charge is 2.07. The zero-order valence-electron chi connectivity index (χ0n) is 13.5. The van der Waals surface area contributed by atoms with Crippen molar-refractivity contribution in [3.05, 3.63) is 48.0 Å². The van der Waals surface area contributed by atoms with Crippen molar-refractivity contribution in [3.8, 4) is 11.5 Å². The van der Waals surface area contributed by atoms with Gasteiger partial charge in [0.05, 0.1) is 20.6 Å². The molecule has 0 aliphatic rings. The van der Waals surface area contributed by atoms with Crippen LogP contribution in [0.4, 0.5) is 16.2 Å². The number of benzene rings is 2. The molecular weight excluding hydrogens is 310 g/mol. The molecule has 0 unspecified atom stereocenters. The van der Waals surface area contributed by atoms with E-state index < -0.39 is 11.9 Å². The smallest absolute Gasteiger partial charge is 0.323 e. The van der Waals surface area contributed by atoms with Gasteiger partial charge in [-0.2, -0.15) is 0 Å². The number of rotatable bonds is 6. The number of urea groups is 1. The fourth-order valence-corrected chi connectivity index (χ4v) is 2.08. The average Bonchev–Trinajstić information content (AvgIpc) is 2.55. The van der Waals surface area contributed by atoms with E-state index in [1.807, 2.05) is 0 Å². The van der Waals surface area contributed by atoms with E-state index in [1.54, 1.807) is 42.5 Å². The number of hydrogen-bond donors (Lipinski definition) is 3. The van der Waals surface area contributed by atoms with Crippen LogP contribution in [0.1, 0.15) is 5.56 Å². The Bertz CT molecular complexity index is 707. The molecule has 2 aromatic carbocycles. The van der Waals surface area contributed by atoms with Crippen LogP contribution in [-0.2, 0) is 11.2 Å². The molecule has 0 bridgehead atoms. The number of amides is 3. The molecule has 0 saturated carbocycles. The van der Waals surface area contributed by atoms with Gasteiger partial charge in [0.15, 0.2) is 0 Å². The number of carbonyl (C=O) groups is 2. The molecule has 0 spiro atoms. The predicted molar refractivity (Wildman–Crippen MR) is 91.5 cm³/mol. The fraction of sp³-hybridized carbons (Fsp3) is 0.176. The molecule has 0 aliphatic carbocycles. The van der Waals surface area contributed by atoms with E-state index in [9.17, 15) is 9.59 Å². The Hall–Kier alpha value is -3.22. The number of primary amides is 1. The first-order valence-corrected chi connectivity index (χ1v) is 7.18. The van der Waals surface area contributed by atoms with Crippen LogP contribution in [-0.4, -0.2) is 26.2 Å². The lowest BCUT2D eigenvalue weighted by molar-refractivity contribution is -0.117. The third kappa shape index (κ3) is 4.91. The third-order valence-electron chi connectivity index (χ3n) is 3.20. The summed E-state index contributed by atoms with van der Waals surface area (Å²) in [7, 11) is 3.07. The first-order valence-electron chi connectivity index (χ1n) is 7.18. The minimum atomic E-state index is -0.409. The normalized spacial score (nSPS) is 9.92. The summed E-state index contributed by atoms with van der Waals surface area (Å²) in [5, 5.41) is 5.40. The number of ether oxygens (including phenoxy) is 2. The van der Waals surface area contributed by atoms with Crippen molar-refractivity contribution in [1.82, 2.24) is 0 Å². The molecule has 0 atom stereocenters. The molecule has 2 rings (SSSR count). The summed E-state index contributed by atoms with van der Waals surface area (Å²) in [6.07, 6.45) is 0.163. The summed E-state index contributed by atoms with van der Waals surface area (Å²) in [4.78, 5) is 22.9. The van der Waals surface area contributed by atoms with Gasteiger partial charge in [-0.05, 0) is 17.7 Å². The lowest BCUT2D eigenvalue weighted by Gasteiger charge is -2.11. The Morgan fingerprint density at radius 1 is 0.917 bits per heavy atom. The van der Waals surface area contributed by atoms with Crippen LogP contribution in [0.25, 0.3) is 0 Å².